The van der Waals surface area contributed by atoms with Crippen LogP contribution in [0.15, 0.2) is 48.5 Å². The number of rotatable bonds is 9. The van der Waals surface area contributed by atoms with E-state index in [2.05, 4.69) is 34.9 Å². The zero-order chi connectivity index (χ0) is 23.4. The molecule has 1 atom stereocenters. The van der Waals surface area contributed by atoms with Gasteiger partial charge in [0.05, 0.1) is 12.1 Å². The zero-order valence-electron chi connectivity index (χ0n) is 18.5. The summed E-state index contributed by atoms with van der Waals surface area (Å²) < 4.78 is 10.5. The van der Waals surface area contributed by atoms with Crippen molar-refractivity contribution in [1.29, 1.82) is 0 Å². The van der Waals surface area contributed by atoms with Crippen LogP contribution in [0.1, 0.15) is 42.7 Å². The SMILES string of the molecule is COC[C@H](NC(=O)CC1(NC(=O)OCC2c3ccccc3-c3ccccc32)CCC1)C(=O)O. The van der Waals surface area contributed by atoms with Gasteiger partial charge in [-0.25, -0.2) is 9.59 Å². The van der Waals surface area contributed by atoms with E-state index in [1.807, 2.05) is 24.3 Å². The number of methoxy groups -OCH3 is 1. The molecule has 0 heterocycles. The number of aliphatic carboxylic acids is 1. The minimum absolute atomic E-state index is 0.00924. The maximum absolute atomic E-state index is 12.7. The first-order chi connectivity index (χ1) is 15.9. The van der Waals surface area contributed by atoms with Crippen molar-refractivity contribution in [1.82, 2.24) is 10.6 Å². The number of hydrogen-bond donors (Lipinski definition) is 3. The number of benzene rings is 2. The molecule has 0 aliphatic heterocycles. The number of carboxylic acids is 1. The van der Waals surface area contributed by atoms with E-state index in [0.29, 0.717) is 12.8 Å². The van der Waals surface area contributed by atoms with Crippen molar-refractivity contribution in [2.75, 3.05) is 20.3 Å². The van der Waals surface area contributed by atoms with Crippen molar-refractivity contribution in [3.05, 3.63) is 59.7 Å². The molecule has 8 heteroatoms. The molecule has 0 unspecified atom stereocenters. The largest absolute Gasteiger partial charge is 0.480 e. The average molecular weight is 453 g/mol. The molecule has 2 amide bonds. The molecule has 8 nitrogen and oxygen atoms in total. The fraction of sp³-hybridized carbons (Fsp3) is 0.400. The van der Waals surface area contributed by atoms with Crippen molar-refractivity contribution in [3.8, 4) is 11.1 Å². The third kappa shape index (κ3) is 4.85. The van der Waals surface area contributed by atoms with Gasteiger partial charge in [-0.2, -0.15) is 0 Å². The first kappa shape index (κ1) is 22.8. The predicted octanol–water partition coefficient (Wildman–Crippen LogP) is 3.05. The van der Waals surface area contributed by atoms with E-state index in [1.165, 1.54) is 7.11 Å². The molecule has 2 aliphatic carbocycles. The minimum Gasteiger partial charge on any atom is -0.480 e. The number of alkyl carbamates (subject to hydrolysis) is 1. The highest BCUT2D eigenvalue weighted by Crippen LogP contribution is 2.44. The molecule has 0 radical (unpaired) electrons. The summed E-state index contributed by atoms with van der Waals surface area (Å²) in [5, 5.41) is 14.5. The van der Waals surface area contributed by atoms with Gasteiger partial charge in [-0.05, 0) is 41.5 Å². The molecular formula is C25H28N2O6. The molecule has 1 saturated carbocycles. The molecule has 0 aromatic heterocycles. The average Bonchev–Trinajstić information content (AvgIpc) is 3.09. The van der Waals surface area contributed by atoms with Crippen LogP contribution < -0.4 is 10.6 Å². The summed E-state index contributed by atoms with van der Waals surface area (Å²) in [6.45, 7) is 0.0605. The van der Waals surface area contributed by atoms with Crippen molar-refractivity contribution < 1.29 is 29.0 Å². The molecule has 0 bridgehead atoms. The number of ether oxygens (including phenoxy) is 2. The second-order valence-corrected chi connectivity index (χ2v) is 8.67. The molecular weight excluding hydrogens is 424 g/mol. The maximum atomic E-state index is 12.7. The van der Waals surface area contributed by atoms with Crippen LogP contribution in [0.5, 0.6) is 0 Å². The number of fused-ring (bicyclic) bond motifs is 3. The molecule has 33 heavy (non-hydrogen) atoms. The third-order valence-corrected chi connectivity index (χ3v) is 6.49. The van der Waals surface area contributed by atoms with Gasteiger partial charge in [0.2, 0.25) is 5.91 Å². The fourth-order valence-corrected chi connectivity index (χ4v) is 4.69. The van der Waals surface area contributed by atoms with Crippen LogP contribution in [-0.4, -0.2) is 55.0 Å². The number of carbonyl (C=O) groups is 3. The molecule has 4 rings (SSSR count). The van der Waals surface area contributed by atoms with E-state index in [1.54, 1.807) is 0 Å². The van der Waals surface area contributed by atoms with Gasteiger partial charge < -0.3 is 25.2 Å². The van der Waals surface area contributed by atoms with Crippen molar-refractivity contribution in [2.45, 2.75) is 43.2 Å². The predicted molar refractivity (Wildman–Crippen MR) is 121 cm³/mol. The second-order valence-electron chi connectivity index (χ2n) is 8.67. The molecule has 0 spiro atoms. The lowest BCUT2D eigenvalue weighted by Gasteiger charge is -2.41. The highest BCUT2D eigenvalue weighted by molar-refractivity contribution is 5.85. The molecule has 2 aromatic rings. The smallest absolute Gasteiger partial charge is 0.407 e. The molecule has 1 fully saturated rings. The Morgan fingerprint density at radius 2 is 1.67 bits per heavy atom. The molecule has 0 saturated heterocycles. The van der Waals surface area contributed by atoms with Gasteiger partial charge in [-0.1, -0.05) is 48.5 Å². The number of nitrogens with one attached hydrogen (secondary N) is 2. The standard InChI is InChI=1S/C25H28N2O6/c1-32-15-21(23(29)30)26-22(28)13-25(11-6-12-25)27-24(31)33-14-20-18-9-4-2-7-16(18)17-8-3-5-10-19(17)20/h2-5,7-10,20-21H,6,11-15H2,1H3,(H,26,28)(H,27,31)(H,29,30)/t21-/m0/s1. The van der Waals surface area contributed by atoms with Crippen LogP contribution in [0.25, 0.3) is 11.1 Å². The lowest BCUT2D eigenvalue weighted by molar-refractivity contribution is -0.143. The number of hydrogen-bond acceptors (Lipinski definition) is 5. The van der Waals surface area contributed by atoms with Gasteiger partial charge in [-0.15, -0.1) is 0 Å². The summed E-state index contributed by atoms with van der Waals surface area (Å²) in [5.74, 6) is -1.66. The minimum atomic E-state index is -1.17. The van der Waals surface area contributed by atoms with Gasteiger partial charge in [0, 0.05) is 19.4 Å². The number of amides is 2. The van der Waals surface area contributed by atoms with E-state index in [9.17, 15) is 19.5 Å². The third-order valence-electron chi connectivity index (χ3n) is 6.49. The highest BCUT2D eigenvalue weighted by Gasteiger charge is 2.41. The molecule has 174 valence electrons. The van der Waals surface area contributed by atoms with Crippen LogP contribution in [0.4, 0.5) is 4.79 Å². The van der Waals surface area contributed by atoms with Crippen LogP contribution in [0.2, 0.25) is 0 Å². The summed E-state index contributed by atoms with van der Waals surface area (Å²) in [4.78, 5) is 36.4. The summed E-state index contributed by atoms with van der Waals surface area (Å²) in [7, 11) is 1.37. The van der Waals surface area contributed by atoms with Gasteiger partial charge in [0.25, 0.3) is 0 Å². The Morgan fingerprint density at radius 3 is 2.18 bits per heavy atom. The summed E-state index contributed by atoms with van der Waals surface area (Å²) in [6, 6.07) is 15.1. The Hall–Kier alpha value is -3.39. The monoisotopic (exact) mass is 452 g/mol. The van der Waals surface area contributed by atoms with Crippen LogP contribution in [0.3, 0.4) is 0 Å². The van der Waals surface area contributed by atoms with Crippen LogP contribution in [0, 0.1) is 0 Å². The number of carboxylic acid groups (broad SMARTS) is 1. The first-order valence-corrected chi connectivity index (χ1v) is 11.1. The van der Waals surface area contributed by atoms with Gasteiger partial charge >= 0.3 is 12.1 Å². The quantitative estimate of drug-likeness (QED) is 0.539. The van der Waals surface area contributed by atoms with Crippen LogP contribution >= 0.6 is 0 Å². The van der Waals surface area contributed by atoms with Gasteiger partial charge in [0.15, 0.2) is 6.04 Å². The molecule has 2 aliphatic rings. The number of carbonyl (C=O) groups excluding carboxylic acids is 2. The zero-order valence-corrected chi connectivity index (χ0v) is 18.5. The summed E-state index contributed by atoms with van der Waals surface area (Å²) >= 11 is 0. The van der Waals surface area contributed by atoms with E-state index >= 15 is 0 Å². The lowest BCUT2D eigenvalue weighted by Crippen LogP contribution is -2.57. The van der Waals surface area contributed by atoms with E-state index < -0.39 is 29.6 Å². The van der Waals surface area contributed by atoms with E-state index in [4.69, 9.17) is 9.47 Å². The Labute approximate surface area is 192 Å². The normalized spacial score (nSPS) is 16.6. The van der Waals surface area contributed by atoms with Gasteiger partial charge in [-0.3, -0.25) is 4.79 Å². The van der Waals surface area contributed by atoms with Crippen molar-refractivity contribution in [3.63, 3.8) is 0 Å². The van der Waals surface area contributed by atoms with Crippen molar-refractivity contribution >= 4 is 18.0 Å². The summed E-state index contributed by atoms with van der Waals surface area (Å²) in [5.41, 5.74) is 3.84. The fourth-order valence-electron chi connectivity index (χ4n) is 4.69. The lowest BCUT2D eigenvalue weighted by atomic mass is 9.74. The highest BCUT2D eigenvalue weighted by atomic mass is 16.5. The van der Waals surface area contributed by atoms with E-state index in [-0.39, 0.29) is 25.6 Å². The van der Waals surface area contributed by atoms with E-state index in [0.717, 1.165) is 28.7 Å². The second kappa shape index (κ2) is 9.62. The molecule has 3 N–H and O–H groups in total. The first-order valence-electron chi connectivity index (χ1n) is 11.1. The van der Waals surface area contributed by atoms with Crippen LogP contribution in [-0.2, 0) is 19.1 Å². The summed E-state index contributed by atoms with van der Waals surface area (Å²) in [6.07, 6.45) is 1.55. The topological polar surface area (TPSA) is 114 Å². The maximum Gasteiger partial charge on any atom is 0.407 e. The van der Waals surface area contributed by atoms with Crippen molar-refractivity contribution in [2.24, 2.45) is 0 Å². The Bertz CT molecular complexity index is 1000. The molecule has 2 aromatic carbocycles. The Morgan fingerprint density at radius 1 is 1.06 bits per heavy atom. The Balaban J connectivity index is 1.36. The Kier molecular flexibility index (Phi) is 6.65. The van der Waals surface area contributed by atoms with Gasteiger partial charge in [0.1, 0.15) is 6.61 Å².